The van der Waals surface area contributed by atoms with Crippen molar-refractivity contribution in [1.82, 2.24) is 4.90 Å². The van der Waals surface area contributed by atoms with Crippen molar-refractivity contribution < 1.29 is 18.0 Å². The Morgan fingerprint density at radius 3 is 2.73 bits per heavy atom. The normalized spacial score (nSPS) is 26.1. The zero-order valence-corrected chi connectivity index (χ0v) is 13.1. The van der Waals surface area contributed by atoms with Gasteiger partial charge < -0.3 is 10.2 Å². The van der Waals surface area contributed by atoms with E-state index in [1.807, 2.05) is 12.1 Å². The molecule has 6 nitrogen and oxygen atoms in total. The van der Waals surface area contributed by atoms with E-state index in [1.165, 1.54) is 4.90 Å². The first kappa shape index (κ1) is 15.0. The third kappa shape index (κ3) is 2.72. The molecule has 22 heavy (non-hydrogen) atoms. The lowest BCUT2D eigenvalue weighted by Crippen LogP contribution is -2.42. The Hall–Kier alpha value is -1.89. The Bertz CT molecular complexity index is 729. The standard InChI is InChI=1S/C15H18N2O4S/c1-17(10-6-7-22(20,21)9-10)15(19)12-8-14(18)16-13-5-3-2-4-11(12)13/h2-5,10,12H,6-9H2,1H3,(H,16,18). The summed E-state index contributed by atoms with van der Waals surface area (Å²) in [5, 5.41) is 2.76. The molecule has 1 fully saturated rings. The second kappa shape index (κ2) is 5.39. The Morgan fingerprint density at radius 2 is 2.05 bits per heavy atom. The summed E-state index contributed by atoms with van der Waals surface area (Å²) in [6.45, 7) is 0. The molecule has 118 valence electrons. The fourth-order valence-corrected chi connectivity index (χ4v) is 4.91. The van der Waals surface area contributed by atoms with Crippen LogP contribution in [0.3, 0.4) is 0 Å². The third-order valence-corrected chi connectivity index (χ3v) is 6.15. The van der Waals surface area contributed by atoms with Crippen molar-refractivity contribution in [2.45, 2.75) is 24.8 Å². The number of benzene rings is 1. The maximum atomic E-state index is 12.8. The number of nitrogens with zero attached hydrogens (tertiary/aromatic N) is 1. The molecule has 0 bridgehead atoms. The minimum atomic E-state index is -3.05. The average molecular weight is 322 g/mol. The molecule has 0 radical (unpaired) electrons. The number of rotatable bonds is 2. The molecule has 0 aromatic heterocycles. The maximum Gasteiger partial charge on any atom is 0.230 e. The molecule has 2 heterocycles. The number of nitrogens with one attached hydrogen (secondary N) is 1. The smallest absolute Gasteiger partial charge is 0.230 e. The van der Waals surface area contributed by atoms with Gasteiger partial charge in [-0.05, 0) is 18.1 Å². The number of carbonyl (C=O) groups is 2. The highest BCUT2D eigenvalue weighted by molar-refractivity contribution is 7.91. The van der Waals surface area contributed by atoms with E-state index in [0.717, 1.165) is 5.56 Å². The highest BCUT2D eigenvalue weighted by Crippen LogP contribution is 2.34. The fourth-order valence-electron chi connectivity index (χ4n) is 3.14. The van der Waals surface area contributed by atoms with Crippen molar-refractivity contribution in [3.05, 3.63) is 29.8 Å². The predicted molar refractivity (Wildman–Crippen MR) is 82.3 cm³/mol. The molecule has 2 unspecified atom stereocenters. The van der Waals surface area contributed by atoms with Crippen LogP contribution in [0.25, 0.3) is 0 Å². The van der Waals surface area contributed by atoms with Gasteiger partial charge in [-0.1, -0.05) is 18.2 Å². The third-order valence-electron chi connectivity index (χ3n) is 4.40. The van der Waals surface area contributed by atoms with Gasteiger partial charge in [-0.2, -0.15) is 0 Å². The van der Waals surface area contributed by atoms with Crippen LogP contribution in [-0.2, 0) is 19.4 Å². The van der Waals surface area contributed by atoms with E-state index in [4.69, 9.17) is 0 Å². The molecule has 1 aromatic rings. The van der Waals surface area contributed by atoms with Gasteiger partial charge in [-0.3, -0.25) is 9.59 Å². The van der Waals surface area contributed by atoms with E-state index in [9.17, 15) is 18.0 Å². The molecule has 1 N–H and O–H groups in total. The van der Waals surface area contributed by atoms with Crippen LogP contribution in [0.1, 0.15) is 24.3 Å². The fraction of sp³-hybridized carbons (Fsp3) is 0.467. The minimum Gasteiger partial charge on any atom is -0.341 e. The summed E-state index contributed by atoms with van der Waals surface area (Å²) in [4.78, 5) is 26.1. The molecule has 0 saturated carbocycles. The van der Waals surface area contributed by atoms with Crippen LogP contribution < -0.4 is 5.32 Å². The average Bonchev–Trinajstić information content (AvgIpc) is 2.85. The van der Waals surface area contributed by atoms with Crippen LogP contribution >= 0.6 is 0 Å². The number of sulfone groups is 1. The number of anilines is 1. The van der Waals surface area contributed by atoms with Crippen molar-refractivity contribution in [2.75, 3.05) is 23.9 Å². The lowest BCUT2D eigenvalue weighted by molar-refractivity contribution is -0.135. The molecule has 2 atom stereocenters. The monoisotopic (exact) mass is 322 g/mol. The van der Waals surface area contributed by atoms with Crippen LogP contribution in [0.5, 0.6) is 0 Å². The second-order valence-electron chi connectivity index (χ2n) is 5.90. The molecule has 2 amide bonds. The van der Waals surface area contributed by atoms with Crippen molar-refractivity contribution in [2.24, 2.45) is 0 Å². The first-order valence-corrected chi connectivity index (χ1v) is 9.05. The number of carbonyl (C=O) groups excluding carboxylic acids is 2. The van der Waals surface area contributed by atoms with Crippen LogP contribution in [0.4, 0.5) is 5.69 Å². The molecule has 7 heteroatoms. The van der Waals surface area contributed by atoms with E-state index in [2.05, 4.69) is 5.32 Å². The van der Waals surface area contributed by atoms with Crippen molar-refractivity contribution in [3.63, 3.8) is 0 Å². The number of likely N-dealkylation sites (N-methyl/N-ethyl adjacent to an activating group) is 1. The summed E-state index contributed by atoms with van der Waals surface area (Å²) in [6.07, 6.45) is 0.560. The molecule has 2 aliphatic heterocycles. The van der Waals surface area contributed by atoms with Crippen LogP contribution in [0.2, 0.25) is 0 Å². The molecule has 2 aliphatic rings. The molecule has 3 rings (SSSR count). The van der Waals surface area contributed by atoms with Crippen LogP contribution in [0.15, 0.2) is 24.3 Å². The Morgan fingerprint density at radius 1 is 1.32 bits per heavy atom. The second-order valence-corrected chi connectivity index (χ2v) is 8.13. The highest BCUT2D eigenvalue weighted by Gasteiger charge is 2.38. The van der Waals surface area contributed by atoms with Crippen LogP contribution in [-0.4, -0.2) is 49.7 Å². The first-order valence-electron chi connectivity index (χ1n) is 7.23. The zero-order chi connectivity index (χ0) is 15.9. The zero-order valence-electron chi connectivity index (χ0n) is 12.3. The van der Waals surface area contributed by atoms with Gasteiger partial charge in [-0.25, -0.2) is 8.42 Å². The summed E-state index contributed by atoms with van der Waals surface area (Å²) in [7, 11) is -1.42. The molecule has 0 aliphatic carbocycles. The van der Waals surface area contributed by atoms with Gasteiger partial charge in [0.1, 0.15) is 0 Å². The Labute approximate surface area is 129 Å². The Kier molecular flexibility index (Phi) is 3.68. The summed E-state index contributed by atoms with van der Waals surface area (Å²) < 4.78 is 23.2. The van der Waals surface area contributed by atoms with Gasteiger partial charge in [0.15, 0.2) is 9.84 Å². The number of para-hydroxylation sites is 1. The summed E-state index contributed by atoms with van der Waals surface area (Å²) in [5.41, 5.74) is 1.45. The molecule has 1 saturated heterocycles. The van der Waals surface area contributed by atoms with Crippen molar-refractivity contribution >= 4 is 27.3 Å². The SMILES string of the molecule is CN(C(=O)C1CC(=O)Nc2ccccc21)C1CCS(=O)(=O)C1. The Balaban J connectivity index is 1.85. The quantitative estimate of drug-likeness (QED) is 0.871. The molecule has 1 aromatic carbocycles. The van der Waals surface area contributed by atoms with Crippen LogP contribution in [0, 0.1) is 0 Å². The van der Waals surface area contributed by atoms with Crippen molar-refractivity contribution in [3.8, 4) is 0 Å². The van der Waals surface area contributed by atoms with Crippen molar-refractivity contribution in [1.29, 1.82) is 0 Å². The van der Waals surface area contributed by atoms with E-state index in [1.54, 1.807) is 19.2 Å². The summed E-state index contributed by atoms with van der Waals surface area (Å²) in [5.74, 6) is -0.792. The predicted octanol–water partition coefficient (Wildman–Crippen LogP) is 0.758. The summed E-state index contributed by atoms with van der Waals surface area (Å²) in [6, 6.07) is 6.94. The largest absolute Gasteiger partial charge is 0.341 e. The summed E-state index contributed by atoms with van der Waals surface area (Å²) >= 11 is 0. The van der Waals surface area contributed by atoms with Gasteiger partial charge in [0.2, 0.25) is 11.8 Å². The molecule has 0 spiro atoms. The first-order chi connectivity index (χ1) is 10.4. The molecular weight excluding hydrogens is 304 g/mol. The molecular formula is C15H18N2O4S. The van der Waals surface area contributed by atoms with Gasteiger partial charge >= 0.3 is 0 Å². The van der Waals surface area contributed by atoms with Gasteiger partial charge in [0.25, 0.3) is 0 Å². The lowest BCUT2D eigenvalue weighted by Gasteiger charge is -2.31. The van der Waals surface area contributed by atoms with Gasteiger partial charge in [0.05, 0.1) is 17.4 Å². The number of amides is 2. The van der Waals surface area contributed by atoms with Gasteiger partial charge in [0, 0.05) is 25.2 Å². The maximum absolute atomic E-state index is 12.8. The van der Waals surface area contributed by atoms with E-state index < -0.39 is 15.8 Å². The van der Waals surface area contributed by atoms with E-state index >= 15 is 0 Å². The van der Waals surface area contributed by atoms with E-state index in [-0.39, 0.29) is 35.8 Å². The lowest BCUT2D eigenvalue weighted by atomic mass is 9.89. The number of hydrogen-bond donors (Lipinski definition) is 1. The number of fused-ring (bicyclic) bond motifs is 1. The topological polar surface area (TPSA) is 83.6 Å². The van der Waals surface area contributed by atoms with Gasteiger partial charge in [-0.15, -0.1) is 0 Å². The van der Waals surface area contributed by atoms with E-state index in [0.29, 0.717) is 12.1 Å². The minimum absolute atomic E-state index is 0.00973. The highest BCUT2D eigenvalue weighted by atomic mass is 32.2. The number of hydrogen-bond acceptors (Lipinski definition) is 4.